The number of rotatable bonds is 3. The van der Waals surface area contributed by atoms with Gasteiger partial charge in [-0.25, -0.2) is 9.67 Å². The maximum absolute atomic E-state index is 4.44. The molecule has 0 spiro atoms. The van der Waals surface area contributed by atoms with Gasteiger partial charge in [-0.2, -0.15) is 5.10 Å². The van der Waals surface area contributed by atoms with Crippen LogP contribution >= 0.6 is 0 Å². The van der Waals surface area contributed by atoms with Crippen molar-refractivity contribution in [2.75, 3.05) is 12.4 Å². The Hall–Kier alpha value is -1.91. The Kier molecular flexibility index (Phi) is 2.85. The summed E-state index contributed by atoms with van der Waals surface area (Å²) < 4.78 is 1.74. The molecule has 0 bridgehead atoms. The quantitative estimate of drug-likeness (QED) is 0.852. The zero-order valence-electron chi connectivity index (χ0n) is 9.68. The third-order valence-electron chi connectivity index (χ3n) is 2.31. The molecule has 5 nitrogen and oxygen atoms in total. The van der Waals surface area contributed by atoms with Crippen molar-refractivity contribution in [3.05, 3.63) is 30.4 Å². The van der Waals surface area contributed by atoms with E-state index in [-0.39, 0.29) is 0 Å². The van der Waals surface area contributed by atoms with Crippen molar-refractivity contribution in [2.45, 2.75) is 19.8 Å². The van der Waals surface area contributed by atoms with Crippen molar-refractivity contribution in [1.29, 1.82) is 0 Å². The molecule has 0 aliphatic rings. The van der Waals surface area contributed by atoms with Crippen LogP contribution in [-0.4, -0.2) is 26.8 Å². The van der Waals surface area contributed by atoms with Crippen LogP contribution in [0.15, 0.2) is 24.7 Å². The van der Waals surface area contributed by atoms with Crippen LogP contribution in [0.4, 0.5) is 5.82 Å². The second-order valence-corrected chi connectivity index (χ2v) is 3.85. The van der Waals surface area contributed by atoms with Gasteiger partial charge in [0.1, 0.15) is 5.82 Å². The molecular weight excluding hydrogens is 202 g/mol. The molecule has 0 saturated carbocycles. The first kappa shape index (κ1) is 10.6. The molecular formula is C11H15N5. The number of anilines is 1. The van der Waals surface area contributed by atoms with Gasteiger partial charge in [-0.1, -0.05) is 13.8 Å². The highest BCUT2D eigenvalue weighted by Crippen LogP contribution is 2.13. The van der Waals surface area contributed by atoms with Gasteiger partial charge in [0.25, 0.3) is 0 Å². The van der Waals surface area contributed by atoms with E-state index in [1.165, 1.54) is 0 Å². The van der Waals surface area contributed by atoms with Gasteiger partial charge in [0.15, 0.2) is 5.82 Å². The topological polar surface area (TPSA) is 55.6 Å². The smallest absolute Gasteiger partial charge is 0.173 e. The molecule has 0 radical (unpaired) electrons. The van der Waals surface area contributed by atoms with E-state index in [1.54, 1.807) is 17.1 Å². The Morgan fingerprint density at radius 1 is 1.31 bits per heavy atom. The lowest BCUT2D eigenvalue weighted by Gasteiger charge is -2.03. The summed E-state index contributed by atoms with van der Waals surface area (Å²) in [6.45, 7) is 4.23. The van der Waals surface area contributed by atoms with Gasteiger partial charge >= 0.3 is 0 Å². The number of nitrogens with zero attached hydrogens (tertiary/aromatic N) is 4. The fourth-order valence-electron chi connectivity index (χ4n) is 1.36. The lowest BCUT2D eigenvalue weighted by Crippen LogP contribution is -2.03. The molecule has 0 amide bonds. The molecule has 0 aromatic carbocycles. The third-order valence-corrected chi connectivity index (χ3v) is 2.31. The van der Waals surface area contributed by atoms with Gasteiger partial charge < -0.3 is 5.32 Å². The standard InChI is InChI=1S/C11H15N5/c1-8(2)9-4-5-16(15-9)11-7-13-6-10(12-3)14-11/h4-8H,1-3H3,(H,12,14). The second-order valence-electron chi connectivity index (χ2n) is 3.85. The molecule has 2 heterocycles. The number of hydrogen-bond acceptors (Lipinski definition) is 4. The van der Waals surface area contributed by atoms with Crippen LogP contribution < -0.4 is 5.32 Å². The largest absolute Gasteiger partial charge is 0.372 e. The monoisotopic (exact) mass is 217 g/mol. The molecule has 0 fully saturated rings. The Balaban J connectivity index is 2.34. The summed E-state index contributed by atoms with van der Waals surface area (Å²) in [4.78, 5) is 8.46. The van der Waals surface area contributed by atoms with E-state index in [4.69, 9.17) is 0 Å². The van der Waals surface area contributed by atoms with Crippen LogP contribution in [0.5, 0.6) is 0 Å². The zero-order chi connectivity index (χ0) is 11.5. The maximum Gasteiger partial charge on any atom is 0.173 e. The lowest BCUT2D eigenvalue weighted by atomic mass is 10.1. The third kappa shape index (κ3) is 2.03. The predicted octanol–water partition coefficient (Wildman–Crippen LogP) is 1.83. The molecule has 0 saturated heterocycles. The van der Waals surface area contributed by atoms with Crippen LogP contribution in [0, 0.1) is 0 Å². The summed E-state index contributed by atoms with van der Waals surface area (Å²) in [5, 5.41) is 7.39. The molecule has 0 atom stereocenters. The van der Waals surface area contributed by atoms with E-state index in [1.807, 2.05) is 19.3 Å². The summed E-state index contributed by atoms with van der Waals surface area (Å²) >= 11 is 0. The Morgan fingerprint density at radius 2 is 2.12 bits per heavy atom. The van der Waals surface area contributed by atoms with Crippen molar-refractivity contribution in [3.63, 3.8) is 0 Å². The molecule has 0 unspecified atom stereocenters. The highest BCUT2D eigenvalue weighted by Gasteiger charge is 2.06. The minimum Gasteiger partial charge on any atom is -0.372 e. The minimum absolute atomic E-state index is 0.418. The van der Waals surface area contributed by atoms with Crippen molar-refractivity contribution >= 4 is 5.82 Å². The van der Waals surface area contributed by atoms with Crippen molar-refractivity contribution < 1.29 is 0 Å². The van der Waals surface area contributed by atoms with E-state index in [2.05, 4.69) is 34.2 Å². The molecule has 2 rings (SSSR count). The first-order valence-electron chi connectivity index (χ1n) is 5.26. The van der Waals surface area contributed by atoms with Crippen LogP contribution in [-0.2, 0) is 0 Å². The number of nitrogens with one attached hydrogen (secondary N) is 1. The average molecular weight is 217 g/mol. The summed E-state index contributed by atoms with van der Waals surface area (Å²) in [6.07, 6.45) is 5.27. The maximum atomic E-state index is 4.44. The second kappa shape index (κ2) is 4.30. The SMILES string of the molecule is CNc1cncc(-n2ccc(C(C)C)n2)n1. The Labute approximate surface area is 94.5 Å². The minimum atomic E-state index is 0.418. The molecule has 84 valence electrons. The fraction of sp³-hybridized carbons (Fsp3) is 0.364. The van der Waals surface area contributed by atoms with E-state index in [0.29, 0.717) is 5.92 Å². The number of hydrogen-bond donors (Lipinski definition) is 1. The van der Waals surface area contributed by atoms with Crippen molar-refractivity contribution in [3.8, 4) is 5.82 Å². The molecule has 0 aliphatic carbocycles. The molecule has 2 aromatic heterocycles. The first-order chi connectivity index (χ1) is 7.70. The van der Waals surface area contributed by atoms with Crippen LogP contribution in [0.3, 0.4) is 0 Å². The highest BCUT2D eigenvalue weighted by molar-refractivity contribution is 5.34. The average Bonchev–Trinajstić information content (AvgIpc) is 2.78. The first-order valence-corrected chi connectivity index (χ1v) is 5.26. The molecule has 16 heavy (non-hydrogen) atoms. The van der Waals surface area contributed by atoms with Crippen LogP contribution in [0.25, 0.3) is 5.82 Å². The summed E-state index contributed by atoms with van der Waals surface area (Å²) in [6, 6.07) is 2.00. The van der Waals surface area contributed by atoms with Gasteiger partial charge in [-0.15, -0.1) is 0 Å². The summed E-state index contributed by atoms with van der Waals surface area (Å²) in [5.74, 6) is 1.87. The van der Waals surface area contributed by atoms with Gasteiger partial charge in [-0.05, 0) is 12.0 Å². The lowest BCUT2D eigenvalue weighted by molar-refractivity contribution is 0.755. The van der Waals surface area contributed by atoms with Gasteiger partial charge in [-0.3, -0.25) is 4.98 Å². The molecule has 0 aliphatic heterocycles. The van der Waals surface area contributed by atoms with E-state index < -0.39 is 0 Å². The molecule has 2 aromatic rings. The zero-order valence-corrected chi connectivity index (χ0v) is 9.68. The van der Waals surface area contributed by atoms with Gasteiger partial charge in [0, 0.05) is 13.2 Å². The van der Waals surface area contributed by atoms with E-state index >= 15 is 0 Å². The van der Waals surface area contributed by atoms with E-state index in [0.717, 1.165) is 17.3 Å². The number of aromatic nitrogens is 4. The summed E-state index contributed by atoms with van der Waals surface area (Å²) in [7, 11) is 1.82. The predicted molar refractivity (Wildman–Crippen MR) is 62.8 cm³/mol. The van der Waals surface area contributed by atoms with Gasteiger partial charge in [0.2, 0.25) is 0 Å². The Bertz CT molecular complexity index is 475. The van der Waals surface area contributed by atoms with Crippen molar-refractivity contribution in [2.24, 2.45) is 0 Å². The van der Waals surface area contributed by atoms with Crippen molar-refractivity contribution in [1.82, 2.24) is 19.7 Å². The molecule has 1 N–H and O–H groups in total. The highest BCUT2D eigenvalue weighted by atomic mass is 15.3. The van der Waals surface area contributed by atoms with Crippen LogP contribution in [0.2, 0.25) is 0 Å². The fourth-order valence-corrected chi connectivity index (χ4v) is 1.36. The molecule has 5 heteroatoms. The van der Waals surface area contributed by atoms with Gasteiger partial charge in [0.05, 0.1) is 18.1 Å². The van der Waals surface area contributed by atoms with Crippen LogP contribution in [0.1, 0.15) is 25.5 Å². The normalized spacial score (nSPS) is 10.8. The van der Waals surface area contributed by atoms with E-state index in [9.17, 15) is 0 Å². The summed E-state index contributed by atoms with van der Waals surface area (Å²) in [5.41, 5.74) is 1.05. The Morgan fingerprint density at radius 3 is 2.75 bits per heavy atom.